The average molecular weight is 302 g/mol. The summed E-state index contributed by atoms with van der Waals surface area (Å²) < 4.78 is 0. The van der Waals surface area contributed by atoms with Gasteiger partial charge in [0.05, 0.1) is 0 Å². The van der Waals surface area contributed by atoms with Gasteiger partial charge in [-0.05, 0) is 57.2 Å². The van der Waals surface area contributed by atoms with E-state index in [9.17, 15) is 0 Å². The van der Waals surface area contributed by atoms with Crippen LogP contribution in [0, 0.1) is 17.3 Å². The molecule has 112 valence electrons. The summed E-state index contributed by atoms with van der Waals surface area (Å²) in [5.41, 5.74) is 2.27. The van der Waals surface area contributed by atoms with E-state index in [2.05, 4.69) is 57.2 Å². The predicted molar refractivity (Wildman–Crippen MR) is 94.4 cm³/mol. The molecule has 0 atom stereocenters. The summed E-state index contributed by atoms with van der Waals surface area (Å²) in [6.45, 7) is 12.1. The highest BCUT2D eigenvalue weighted by Gasteiger charge is 2.03. The number of halogens is 1. The Labute approximate surface area is 134 Å². The molecule has 0 saturated heterocycles. The molecule has 0 fully saturated rings. The van der Waals surface area contributed by atoms with Crippen LogP contribution in [0.3, 0.4) is 0 Å². The van der Waals surface area contributed by atoms with Crippen molar-refractivity contribution in [3.63, 3.8) is 0 Å². The number of nitrogens with zero attached hydrogens (tertiary/aromatic N) is 1. The van der Waals surface area contributed by atoms with E-state index >= 15 is 0 Å². The van der Waals surface area contributed by atoms with Gasteiger partial charge < -0.3 is 0 Å². The third kappa shape index (κ3) is 7.75. The van der Waals surface area contributed by atoms with Gasteiger partial charge >= 0.3 is 0 Å². The first kappa shape index (κ1) is 17.6. The van der Waals surface area contributed by atoms with Crippen molar-refractivity contribution < 1.29 is 0 Å². The standard InChI is InChI=1S/C19H24ClN/c1-16(17-9-11-18(20)12-10-17)15-21(5)14-8-6-7-13-19(2,3)4/h6,8-12H,1,14-15H2,2-5H3/b8-6+. The van der Waals surface area contributed by atoms with Gasteiger partial charge in [-0.3, -0.25) is 4.90 Å². The van der Waals surface area contributed by atoms with Crippen molar-refractivity contribution >= 4 is 17.2 Å². The highest BCUT2D eigenvalue weighted by Crippen LogP contribution is 2.16. The number of hydrogen-bond acceptors (Lipinski definition) is 1. The fourth-order valence-corrected chi connectivity index (χ4v) is 1.84. The first-order valence-electron chi connectivity index (χ1n) is 7.08. The smallest absolute Gasteiger partial charge is 0.0406 e. The molecular weight excluding hydrogens is 278 g/mol. The minimum atomic E-state index is 0.0547. The molecule has 0 radical (unpaired) electrons. The van der Waals surface area contributed by atoms with Crippen LogP contribution in [0.2, 0.25) is 5.02 Å². The van der Waals surface area contributed by atoms with Gasteiger partial charge in [0.2, 0.25) is 0 Å². The maximum atomic E-state index is 5.89. The van der Waals surface area contributed by atoms with E-state index in [1.54, 1.807) is 0 Å². The van der Waals surface area contributed by atoms with E-state index in [0.29, 0.717) is 0 Å². The van der Waals surface area contributed by atoms with Crippen molar-refractivity contribution in [1.29, 1.82) is 0 Å². The summed E-state index contributed by atoms with van der Waals surface area (Å²) >= 11 is 5.89. The maximum absolute atomic E-state index is 5.89. The van der Waals surface area contributed by atoms with Crippen LogP contribution in [0.5, 0.6) is 0 Å². The van der Waals surface area contributed by atoms with Gasteiger partial charge in [0, 0.05) is 23.5 Å². The van der Waals surface area contributed by atoms with E-state index in [-0.39, 0.29) is 5.41 Å². The first-order valence-corrected chi connectivity index (χ1v) is 7.46. The molecule has 1 aromatic carbocycles. The number of hydrogen-bond donors (Lipinski definition) is 0. The molecule has 0 unspecified atom stereocenters. The maximum Gasteiger partial charge on any atom is 0.0406 e. The molecule has 0 amide bonds. The summed E-state index contributed by atoms with van der Waals surface area (Å²) in [7, 11) is 2.07. The van der Waals surface area contributed by atoms with Crippen molar-refractivity contribution in [3.8, 4) is 11.8 Å². The molecule has 1 nitrogen and oxygen atoms in total. The molecule has 0 aliphatic carbocycles. The lowest BCUT2D eigenvalue weighted by molar-refractivity contribution is 0.419. The summed E-state index contributed by atoms with van der Waals surface area (Å²) in [5.74, 6) is 6.26. The Morgan fingerprint density at radius 2 is 1.90 bits per heavy atom. The zero-order valence-electron chi connectivity index (χ0n) is 13.4. The summed E-state index contributed by atoms with van der Waals surface area (Å²) in [5, 5.41) is 0.750. The van der Waals surface area contributed by atoms with Crippen molar-refractivity contribution in [3.05, 3.63) is 53.6 Å². The SMILES string of the molecule is C=C(CN(C)C/C=C/C#CC(C)(C)C)c1ccc(Cl)cc1. The Balaban J connectivity index is 2.44. The number of rotatable bonds is 5. The average Bonchev–Trinajstić information content (AvgIpc) is 2.37. The highest BCUT2D eigenvalue weighted by molar-refractivity contribution is 6.30. The van der Waals surface area contributed by atoms with Gasteiger partial charge in [-0.2, -0.15) is 0 Å². The van der Waals surface area contributed by atoms with Gasteiger partial charge in [0.25, 0.3) is 0 Å². The highest BCUT2D eigenvalue weighted by atomic mass is 35.5. The fraction of sp³-hybridized carbons (Fsp3) is 0.368. The Kier molecular flexibility index (Phi) is 6.75. The van der Waals surface area contributed by atoms with E-state index < -0.39 is 0 Å². The van der Waals surface area contributed by atoms with Crippen LogP contribution >= 0.6 is 11.6 Å². The quantitative estimate of drug-likeness (QED) is 0.700. The Bertz CT molecular complexity index is 550. The molecule has 21 heavy (non-hydrogen) atoms. The van der Waals surface area contributed by atoms with E-state index in [0.717, 1.165) is 29.2 Å². The Morgan fingerprint density at radius 3 is 2.48 bits per heavy atom. The Morgan fingerprint density at radius 1 is 1.29 bits per heavy atom. The molecule has 0 saturated carbocycles. The van der Waals surface area contributed by atoms with Gasteiger partial charge in [-0.25, -0.2) is 0 Å². The normalized spacial score (nSPS) is 11.5. The van der Waals surface area contributed by atoms with Crippen LogP contribution in [0.1, 0.15) is 26.3 Å². The summed E-state index contributed by atoms with van der Waals surface area (Å²) in [6, 6.07) is 7.79. The number of likely N-dealkylation sites (N-methyl/N-ethyl adjacent to an activating group) is 1. The lowest BCUT2D eigenvalue weighted by atomic mass is 9.98. The summed E-state index contributed by atoms with van der Waals surface area (Å²) in [4.78, 5) is 2.20. The lowest BCUT2D eigenvalue weighted by Crippen LogP contribution is -2.20. The van der Waals surface area contributed by atoms with Crippen molar-refractivity contribution in [2.24, 2.45) is 5.41 Å². The second-order valence-electron chi connectivity index (χ2n) is 6.23. The third-order valence-electron chi connectivity index (χ3n) is 2.78. The van der Waals surface area contributed by atoms with Gasteiger partial charge in [0.15, 0.2) is 0 Å². The Hall–Kier alpha value is -1.49. The van der Waals surface area contributed by atoms with Crippen molar-refractivity contribution in [2.45, 2.75) is 20.8 Å². The second kappa shape index (κ2) is 8.08. The fourth-order valence-electron chi connectivity index (χ4n) is 1.72. The molecule has 0 aliphatic rings. The first-order chi connectivity index (χ1) is 9.78. The molecule has 0 heterocycles. The number of benzene rings is 1. The molecule has 0 spiro atoms. The third-order valence-corrected chi connectivity index (χ3v) is 3.03. The minimum Gasteiger partial charge on any atom is -0.298 e. The minimum absolute atomic E-state index is 0.0547. The number of allylic oxidation sites excluding steroid dienone is 1. The van der Waals surface area contributed by atoms with E-state index in [1.807, 2.05) is 30.3 Å². The van der Waals surface area contributed by atoms with Crippen LogP contribution in [0.15, 0.2) is 43.0 Å². The zero-order valence-corrected chi connectivity index (χ0v) is 14.2. The molecule has 1 aromatic rings. The lowest BCUT2D eigenvalue weighted by Gasteiger charge is -2.16. The van der Waals surface area contributed by atoms with Crippen LogP contribution in [-0.4, -0.2) is 25.0 Å². The van der Waals surface area contributed by atoms with Gasteiger partial charge in [0.1, 0.15) is 0 Å². The van der Waals surface area contributed by atoms with Crippen molar-refractivity contribution in [1.82, 2.24) is 4.90 Å². The summed E-state index contributed by atoms with van der Waals surface area (Å²) in [6.07, 6.45) is 4.00. The molecule has 0 aromatic heterocycles. The van der Waals surface area contributed by atoms with Crippen molar-refractivity contribution in [2.75, 3.05) is 20.1 Å². The van der Waals surface area contributed by atoms with Crippen LogP contribution in [-0.2, 0) is 0 Å². The second-order valence-corrected chi connectivity index (χ2v) is 6.67. The topological polar surface area (TPSA) is 3.24 Å². The largest absolute Gasteiger partial charge is 0.298 e. The van der Waals surface area contributed by atoms with E-state index in [1.165, 1.54) is 0 Å². The monoisotopic (exact) mass is 301 g/mol. The molecule has 0 bridgehead atoms. The van der Waals surface area contributed by atoms with Gasteiger partial charge in [-0.1, -0.05) is 48.2 Å². The van der Waals surface area contributed by atoms with Crippen LogP contribution in [0.4, 0.5) is 0 Å². The molecular formula is C19H24ClN. The van der Waals surface area contributed by atoms with E-state index in [4.69, 9.17) is 11.6 Å². The molecule has 1 rings (SSSR count). The molecule has 2 heteroatoms. The molecule has 0 aliphatic heterocycles. The zero-order chi connectivity index (χ0) is 15.9. The molecule has 0 N–H and O–H groups in total. The van der Waals surface area contributed by atoms with Crippen LogP contribution < -0.4 is 0 Å². The predicted octanol–water partition coefficient (Wildman–Crippen LogP) is 4.89. The van der Waals surface area contributed by atoms with Gasteiger partial charge in [-0.15, -0.1) is 0 Å². The van der Waals surface area contributed by atoms with Crippen LogP contribution in [0.25, 0.3) is 5.57 Å².